The first-order chi connectivity index (χ1) is 26.3. The summed E-state index contributed by atoms with van der Waals surface area (Å²) in [5.41, 5.74) is 5.93. The van der Waals surface area contributed by atoms with Crippen LogP contribution < -0.4 is 15.0 Å². The summed E-state index contributed by atoms with van der Waals surface area (Å²) in [5, 5.41) is 3.16. The monoisotopic (exact) mass is 752 g/mol. The molecule has 288 valence electrons. The van der Waals surface area contributed by atoms with Crippen LogP contribution in [0.1, 0.15) is 77.6 Å². The number of aromatic nitrogens is 2. The Labute approximate surface area is 325 Å². The topological polar surface area (TPSA) is 94.9 Å². The molecular formula is C44H56N4O5S. The number of ether oxygens (including phenoxy) is 3. The molecule has 2 heterocycles. The van der Waals surface area contributed by atoms with E-state index >= 15 is 0 Å². The number of carbonyl (C=O) groups is 2. The number of esters is 1. The second-order valence-electron chi connectivity index (χ2n) is 13.9. The minimum Gasteiger partial charge on any atom is -0.491 e. The maximum absolute atomic E-state index is 13.8. The third-order valence-electron chi connectivity index (χ3n) is 9.14. The Morgan fingerprint density at radius 2 is 1.74 bits per heavy atom. The zero-order chi connectivity index (χ0) is 38.1. The van der Waals surface area contributed by atoms with Crippen molar-refractivity contribution < 1.29 is 23.8 Å². The maximum Gasteiger partial charge on any atom is 0.305 e. The number of nitrogens with zero attached hydrogens (tertiary/aromatic N) is 3. The van der Waals surface area contributed by atoms with Gasteiger partial charge in [-0.2, -0.15) is 0 Å². The molecular weight excluding hydrogens is 697 g/mol. The minimum absolute atomic E-state index is 0.0749. The molecule has 0 radical (unpaired) electrons. The highest BCUT2D eigenvalue weighted by Gasteiger charge is 2.20. The maximum atomic E-state index is 13.8. The largest absolute Gasteiger partial charge is 0.491 e. The predicted molar refractivity (Wildman–Crippen MR) is 220 cm³/mol. The Morgan fingerprint density at radius 1 is 0.944 bits per heavy atom. The molecule has 0 unspecified atom stereocenters. The summed E-state index contributed by atoms with van der Waals surface area (Å²) in [7, 11) is 0. The van der Waals surface area contributed by atoms with Crippen molar-refractivity contribution in [3.8, 4) is 16.9 Å². The molecule has 1 aliphatic rings. The molecule has 1 amide bonds. The summed E-state index contributed by atoms with van der Waals surface area (Å²) in [5.74, 6) is 2.75. The number of nitrogens with one attached hydrogen (secondary N) is 1. The summed E-state index contributed by atoms with van der Waals surface area (Å²) in [6.45, 7) is 13.3. The number of anilines is 2. The van der Waals surface area contributed by atoms with Gasteiger partial charge < -0.3 is 29.0 Å². The van der Waals surface area contributed by atoms with Crippen LogP contribution in [0.5, 0.6) is 5.75 Å². The Kier molecular flexibility index (Phi) is 16.1. The molecule has 3 aromatic carbocycles. The highest BCUT2D eigenvalue weighted by atomic mass is 32.2. The van der Waals surface area contributed by atoms with E-state index in [4.69, 9.17) is 14.2 Å². The van der Waals surface area contributed by atoms with Crippen molar-refractivity contribution in [3.05, 3.63) is 96.1 Å². The Bertz CT molecular complexity index is 1800. The molecule has 9 nitrogen and oxygen atoms in total. The fraction of sp³-hybridized carbons (Fsp3) is 0.432. The van der Waals surface area contributed by atoms with Crippen molar-refractivity contribution in [2.45, 2.75) is 83.4 Å². The Balaban J connectivity index is 1.23. The fourth-order valence-corrected chi connectivity index (χ4v) is 7.27. The third-order valence-corrected chi connectivity index (χ3v) is 10.2. The van der Waals surface area contributed by atoms with Crippen LogP contribution in [0.3, 0.4) is 0 Å². The number of thioether (sulfide) groups is 1. The van der Waals surface area contributed by atoms with Crippen LogP contribution in [0.2, 0.25) is 0 Å². The van der Waals surface area contributed by atoms with E-state index in [-0.39, 0.29) is 11.9 Å². The molecule has 1 aliphatic heterocycles. The summed E-state index contributed by atoms with van der Waals surface area (Å²) >= 11 is 1.69. The average molecular weight is 753 g/mol. The van der Waals surface area contributed by atoms with Crippen LogP contribution >= 0.6 is 11.8 Å². The van der Waals surface area contributed by atoms with Crippen LogP contribution in [-0.4, -0.2) is 60.9 Å². The third kappa shape index (κ3) is 12.5. The van der Waals surface area contributed by atoms with Crippen LogP contribution in [0.25, 0.3) is 17.2 Å². The first kappa shape index (κ1) is 40.6. The first-order valence-corrected chi connectivity index (χ1v) is 20.4. The quantitative estimate of drug-likeness (QED) is 0.0542. The molecule has 0 aliphatic carbocycles. The van der Waals surface area contributed by atoms with Gasteiger partial charge in [-0.3, -0.25) is 9.59 Å². The second-order valence-corrected chi connectivity index (χ2v) is 15.0. The number of carbonyl (C=O) groups excluding carboxylic acids is 2. The zero-order valence-corrected chi connectivity index (χ0v) is 33.2. The van der Waals surface area contributed by atoms with E-state index in [0.717, 1.165) is 95.6 Å². The molecule has 0 saturated heterocycles. The van der Waals surface area contributed by atoms with Crippen molar-refractivity contribution in [1.82, 2.24) is 9.55 Å². The molecule has 1 aromatic heterocycles. The fourth-order valence-electron chi connectivity index (χ4n) is 6.40. The zero-order valence-electron chi connectivity index (χ0n) is 32.4. The summed E-state index contributed by atoms with van der Waals surface area (Å²) in [6.07, 6.45) is 10.7. The molecule has 0 fully saturated rings. The van der Waals surface area contributed by atoms with Crippen molar-refractivity contribution in [2.24, 2.45) is 5.92 Å². The lowest BCUT2D eigenvalue weighted by molar-refractivity contribution is -0.143. The van der Waals surface area contributed by atoms with Gasteiger partial charge in [0.25, 0.3) is 5.91 Å². The van der Waals surface area contributed by atoms with Crippen molar-refractivity contribution in [1.29, 1.82) is 0 Å². The number of hydrogen-bond acceptors (Lipinski definition) is 8. The minimum atomic E-state index is -0.165. The molecule has 1 N–H and O–H groups in total. The number of amides is 1. The smallest absolute Gasteiger partial charge is 0.305 e. The Morgan fingerprint density at radius 3 is 2.50 bits per heavy atom. The van der Waals surface area contributed by atoms with Gasteiger partial charge in [-0.25, -0.2) is 4.98 Å². The lowest BCUT2D eigenvalue weighted by Crippen LogP contribution is -2.30. The lowest BCUT2D eigenvalue weighted by atomic mass is 9.96. The van der Waals surface area contributed by atoms with Gasteiger partial charge in [0.1, 0.15) is 18.2 Å². The molecule has 0 atom stereocenters. The van der Waals surface area contributed by atoms with E-state index in [1.165, 1.54) is 0 Å². The van der Waals surface area contributed by atoms with E-state index in [1.54, 1.807) is 18.0 Å². The molecule has 4 aromatic rings. The number of hydrogen-bond donors (Lipinski definition) is 1. The summed E-state index contributed by atoms with van der Waals surface area (Å²) < 4.78 is 18.6. The molecule has 10 heteroatoms. The van der Waals surface area contributed by atoms with Gasteiger partial charge in [0.05, 0.1) is 19.0 Å². The van der Waals surface area contributed by atoms with Gasteiger partial charge in [-0.1, -0.05) is 45.4 Å². The van der Waals surface area contributed by atoms with Crippen molar-refractivity contribution in [2.75, 3.05) is 49.7 Å². The number of imidazole rings is 1. The van der Waals surface area contributed by atoms with Crippen LogP contribution in [0, 0.1) is 5.92 Å². The first-order valence-electron chi connectivity index (χ1n) is 19.4. The SMILES string of the molecule is CCCCOCCOc1ccc(-c2ccc3c(c2)C=C(C(=O)Nc2ccc(SCc4nccn4CCCC(=O)OCC)cc2)CCCN3CC(C)C)cc1. The highest BCUT2D eigenvalue weighted by Crippen LogP contribution is 2.33. The summed E-state index contributed by atoms with van der Waals surface area (Å²) in [6, 6.07) is 22.8. The number of aryl methyl sites for hydroxylation is 1. The average Bonchev–Trinajstić information content (AvgIpc) is 3.61. The Hall–Kier alpha value is -4.54. The molecule has 54 heavy (non-hydrogen) atoms. The van der Waals surface area contributed by atoms with Crippen molar-refractivity contribution in [3.63, 3.8) is 0 Å². The lowest BCUT2D eigenvalue weighted by Gasteiger charge is -2.30. The van der Waals surface area contributed by atoms with Gasteiger partial charge >= 0.3 is 5.97 Å². The van der Waals surface area contributed by atoms with E-state index in [2.05, 4.69) is 76.9 Å². The van der Waals surface area contributed by atoms with Gasteiger partial charge in [0, 0.05) is 66.9 Å². The van der Waals surface area contributed by atoms with Gasteiger partial charge in [0.15, 0.2) is 0 Å². The second kappa shape index (κ2) is 21.4. The van der Waals surface area contributed by atoms with Crippen LogP contribution in [-0.2, 0) is 31.4 Å². The van der Waals surface area contributed by atoms with Crippen molar-refractivity contribution >= 4 is 41.1 Å². The standard InChI is InChI=1S/C44H56N4O5S/c1-5-7-26-51-27-28-53-39-17-12-34(13-18-39)35-14-21-41-37(29-35)30-36(10-8-24-48(41)31-33(3)4)44(50)46-38-15-19-40(20-16-38)54-32-42-45-22-25-47(42)23-9-11-43(49)52-6-2/h12-22,25,29-30,33H,5-11,23-24,26-28,31-32H2,1-4H3,(H,46,50). The van der Waals surface area contributed by atoms with E-state index < -0.39 is 0 Å². The number of unbranched alkanes of at least 4 members (excludes halogenated alkanes) is 1. The number of benzene rings is 3. The number of fused-ring (bicyclic) bond motifs is 1. The van der Waals surface area contributed by atoms with Crippen LogP contribution in [0.15, 0.2) is 89.6 Å². The van der Waals surface area contributed by atoms with Gasteiger partial charge in [-0.15, -0.1) is 11.8 Å². The van der Waals surface area contributed by atoms with E-state index in [9.17, 15) is 9.59 Å². The van der Waals surface area contributed by atoms with E-state index in [0.29, 0.717) is 50.8 Å². The molecule has 0 saturated carbocycles. The van der Waals surface area contributed by atoms with Crippen LogP contribution in [0.4, 0.5) is 11.4 Å². The van der Waals surface area contributed by atoms with Gasteiger partial charge in [0.2, 0.25) is 0 Å². The molecule has 0 bridgehead atoms. The highest BCUT2D eigenvalue weighted by molar-refractivity contribution is 7.98. The molecule has 5 rings (SSSR count). The summed E-state index contributed by atoms with van der Waals surface area (Å²) in [4.78, 5) is 33.5. The number of rotatable bonds is 20. The van der Waals surface area contributed by atoms with E-state index in [1.807, 2.05) is 49.5 Å². The predicted octanol–water partition coefficient (Wildman–Crippen LogP) is 9.66. The normalized spacial score (nSPS) is 12.8. The van der Waals surface area contributed by atoms with Gasteiger partial charge in [-0.05, 0) is 110 Å². The molecule has 0 spiro atoms.